The molecule has 0 aliphatic heterocycles. The number of hydrogen-bond acceptors (Lipinski definition) is 6. The Labute approximate surface area is 151 Å². The fraction of sp³-hybridized carbons (Fsp3) is 0.0588. The van der Waals surface area contributed by atoms with Gasteiger partial charge in [-0.3, -0.25) is 9.78 Å². The SMILES string of the molecule is C=Cc1cncc(Nc2snc(C)c2C(=O)Nc2ccc(F)c(F)c2)n1. The summed E-state index contributed by atoms with van der Waals surface area (Å²) < 4.78 is 30.5. The number of carbonyl (C=O) groups is 1. The van der Waals surface area contributed by atoms with E-state index < -0.39 is 17.5 Å². The lowest BCUT2D eigenvalue weighted by Gasteiger charge is -2.08. The number of nitrogens with zero attached hydrogens (tertiary/aromatic N) is 3. The summed E-state index contributed by atoms with van der Waals surface area (Å²) in [6.07, 6.45) is 4.60. The Bertz CT molecular complexity index is 989. The first-order valence-electron chi connectivity index (χ1n) is 7.42. The molecule has 0 fully saturated rings. The van der Waals surface area contributed by atoms with Crippen molar-refractivity contribution in [3.8, 4) is 0 Å². The predicted octanol–water partition coefficient (Wildman–Crippen LogP) is 4.16. The van der Waals surface area contributed by atoms with E-state index in [2.05, 4.69) is 31.6 Å². The second-order valence-electron chi connectivity index (χ2n) is 5.21. The Hall–Kier alpha value is -3.20. The fourth-order valence-electron chi connectivity index (χ4n) is 2.15. The van der Waals surface area contributed by atoms with E-state index in [0.717, 1.165) is 23.7 Å². The molecule has 1 aromatic carbocycles. The molecule has 3 aromatic rings. The Morgan fingerprint density at radius 2 is 2.08 bits per heavy atom. The number of halogens is 2. The zero-order chi connectivity index (χ0) is 18.7. The molecule has 0 aliphatic rings. The van der Waals surface area contributed by atoms with Crippen molar-refractivity contribution in [3.63, 3.8) is 0 Å². The second-order valence-corrected chi connectivity index (χ2v) is 5.99. The normalized spacial score (nSPS) is 10.4. The van der Waals surface area contributed by atoms with Gasteiger partial charge in [-0.1, -0.05) is 6.58 Å². The van der Waals surface area contributed by atoms with Crippen LogP contribution in [0.25, 0.3) is 6.08 Å². The first kappa shape index (κ1) is 17.6. The maximum Gasteiger partial charge on any atom is 0.260 e. The van der Waals surface area contributed by atoms with Crippen LogP contribution in [0.1, 0.15) is 21.7 Å². The Morgan fingerprint density at radius 1 is 1.27 bits per heavy atom. The van der Waals surface area contributed by atoms with E-state index >= 15 is 0 Å². The highest BCUT2D eigenvalue weighted by Gasteiger charge is 2.19. The number of carbonyl (C=O) groups excluding carboxylic acids is 1. The molecule has 2 heterocycles. The largest absolute Gasteiger partial charge is 0.329 e. The van der Waals surface area contributed by atoms with Gasteiger partial charge in [-0.15, -0.1) is 0 Å². The molecule has 0 saturated carbocycles. The van der Waals surface area contributed by atoms with Crippen molar-refractivity contribution in [3.05, 3.63) is 65.8 Å². The number of rotatable bonds is 5. The maximum atomic E-state index is 13.3. The summed E-state index contributed by atoms with van der Waals surface area (Å²) in [6.45, 7) is 5.30. The molecule has 0 aliphatic carbocycles. The Kier molecular flexibility index (Phi) is 4.99. The van der Waals surface area contributed by atoms with E-state index in [1.54, 1.807) is 19.2 Å². The highest BCUT2D eigenvalue weighted by molar-refractivity contribution is 7.10. The average Bonchev–Trinajstić information content (AvgIpc) is 2.98. The van der Waals surface area contributed by atoms with Crippen molar-refractivity contribution >= 4 is 40.0 Å². The van der Waals surface area contributed by atoms with Crippen molar-refractivity contribution in [1.29, 1.82) is 0 Å². The molecule has 0 atom stereocenters. The Morgan fingerprint density at radius 3 is 2.81 bits per heavy atom. The van der Waals surface area contributed by atoms with Gasteiger partial charge in [0, 0.05) is 11.8 Å². The van der Waals surface area contributed by atoms with Crippen LogP contribution < -0.4 is 10.6 Å². The van der Waals surface area contributed by atoms with E-state index in [1.165, 1.54) is 12.3 Å². The summed E-state index contributed by atoms with van der Waals surface area (Å²) in [7, 11) is 0. The molecule has 0 bridgehead atoms. The van der Waals surface area contributed by atoms with Crippen molar-refractivity contribution in [2.75, 3.05) is 10.6 Å². The summed E-state index contributed by atoms with van der Waals surface area (Å²) in [4.78, 5) is 20.9. The Balaban J connectivity index is 1.85. The number of aromatic nitrogens is 3. The molecule has 2 N–H and O–H groups in total. The molecular formula is C17H13F2N5OS. The van der Waals surface area contributed by atoms with E-state index in [9.17, 15) is 13.6 Å². The molecular weight excluding hydrogens is 360 g/mol. The van der Waals surface area contributed by atoms with Crippen molar-refractivity contribution < 1.29 is 13.6 Å². The molecule has 6 nitrogen and oxygen atoms in total. The minimum absolute atomic E-state index is 0.138. The topological polar surface area (TPSA) is 79.8 Å². The van der Waals surface area contributed by atoms with Gasteiger partial charge in [-0.2, -0.15) is 4.37 Å². The van der Waals surface area contributed by atoms with Crippen LogP contribution in [0.15, 0.2) is 37.2 Å². The van der Waals surface area contributed by atoms with E-state index in [4.69, 9.17) is 0 Å². The van der Waals surface area contributed by atoms with Gasteiger partial charge < -0.3 is 10.6 Å². The fourth-order valence-corrected chi connectivity index (χ4v) is 2.95. The van der Waals surface area contributed by atoms with Crippen molar-refractivity contribution in [2.24, 2.45) is 0 Å². The summed E-state index contributed by atoms with van der Waals surface area (Å²) in [5, 5.41) is 5.98. The monoisotopic (exact) mass is 373 g/mol. The third-order valence-electron chi connectivity index (χ3n) is 3.37. The van der Waals surface area contributed by atoms with Crippen LogP contribution in [0.4, 0.5) is 25.3 Å². The first-order chi connectivity index (χ1) is 12.5. The molecule has 132 valence electrons. The molecule has 0 radical (unpaired) electrons. The lowest BCUT2D eigenvalue weighted by molar-refractivity contribution is 0.102. The van der Waals surface area contributed by atoms with Gasteiger partial charge in [0.1, 0.15) is 10.8 Å². The molecule has 2 aromatic heterocycles. The summed E-state index contributed by atoms with van der Waals surface area (Å²) >= 11 is 1.08. The van der Waals surface area contributed by atoms with Gasteiger partial charge in [0.15, 0.2) is 11.6 Å². The smallest absolute Gasteiger partial charge is 0.260 e. The van der Waals surface area contributed by atoms with Crippen LogP contribution >= 0.6 is 11.5 Å². The van der Waals surface area contributed by atoms with Crippen LogP contribution in [-0.2, 0) is 0 Å². The van der Waals surface area contributed by atoms with Gasteiger partial charge >= 0.3 is 0 Å². The predicted molar refractivity (Wildman–Crippen MR) is 96.6 cm³/mol. The quantitative estimate of drug-likeness (QED) is 0.702. The third kappa shape index (κ3) is 3.72. The van der Waals surface area contributed by atoms with Crippen molar-refractivity contribution in [2.45, 2.75) is 6.92 Å². The maximum absolute atomic E-state index is 13.3. The van der Waals surface area contributed by atoms with Gasteiger partial charge in [0.25, 0.3) is 5.91 Å². The second kappa shape index (κ2) is 7.36. The van der Waals surface area contributed by atoms with Crippen LogP contribution in [-0.4, -0.2) is 20.2 Å². The van der Waals surface area contributed by atoms with Gasteiger partial charge in [0.05, 0.1) is 29.3 Å². The summed E-state index contributed by atoms with van der Waals surface area (Å²) in [5.74, 6) is -2.11. The zero-order valence-corrected chi connectivity index (χ0v) is 14.4. The van der Waals surface area contributed by atoms with E-state index in [0.29, 0.717) is 22.2 Å². The van der Waals surface area contributed by atoms with Gasteiger partial charge in [-0.05, 0) is 36.7 Å². The van der Waals surface area contributed by atoms with E-state index in [-0.39, 0.29) is 11.3 Å². The molecule has 0 spiro atoms. The molecule has 9 heteroatoms. The molecule has 3 rings (SSSR count). The highest BCUT2D eigenvalue weighted by Crippen LogP contribution is 2.28. The highest BCUT2D eigenvalue weighted by atomic mass is 32.1. The number of benzene rings is 1. The lowest BCUT2D eigenvalue weighted by atomic mass is 10.2. The van der Waals surface area contributed by atoms with Crippen LogP contribution in [0.3, 0.4) is 0 Å². The van der Waals surface area contributed by atoms with Crippen LogP contribution in [0.2, 0.25) is 0 Å². The minimum atomic E-state index is -1.04. The molecule has 0 unspecified atom stereocenters. The summed E-state index contributed by atoms with van der Waals surface area (Å²) in [5.41, 5.74) is 1.49. The zero-order valence-electron chi connectivity index (χ0n) is 13.6. The standard InChI is InChI=1S/C17H13F2N5OS/c1-3-10-7-20-8-14(21-10)23-17-15(9(2)24-26-17)16(25)22-11-4-5-12(18)13(19)6-11/h3-8H,1H2,2H3,(H,21,23)(H,22,25). The summed E-state index contributed by atoms with van der Waals surface area (Å²) in [6, 6.07) is 3.13. The van der Waals surface area contributed by atoms with Crippen LogP contribution in [0.5, 0.6) is 0 Å². The third-order valence-corrected chi connectivity index (χ3v) is 4.23. The minimum Gasteiger partial charge on any atom is -0.329 e. The van der Waals surface area contributed by atoms with Crippen molar-refractivity contribution in [1.82, 2.24) is 14.3 Å². The van der Waals surface area contributed by atoms with Gasteiger partial charge in [0.2, 0.25) is 0 Å². The average molecular weight is 373 g/mol. The molecule has 1 amide bonds. The molecule has 26 heavy (non-hydrogen) atoms. The molecule has 0 saturated heterocycles. The number of aryl methyl sites for hydroxylation is 1. The number of nitrogens with one attached hydrogen (secondary N) is 2. The van der Waals surface area contributed by atoms with Gasteiger partial charge in [-0.25, -0.2) is 13.8 Å². The lowest BCUT2D eigenvalue weighted by Crippen LogP contribution is -2.14. The number of anilines is 3. The number of hydrogen-bond donors (Lipinski definition) is 2. The van der Waals surface area contributed by atoms with Crippen LogP contribution in [0, 0.1) is 18.6 Å². The number of amides is 1. The first-order valence-corrected chi connectivity index (χ1v) is 8.19. The van der Waals surface area contributed by atoms with E-state index in [1.807, 2.05) is 0 Å².